The summed E-state index contributed by atoms with van der Waals surface area (Å²) in [5, 5.41) is 3.00. The van der Waals surface area contributed by atoms with Crippen molar-refractivity contribution < 1.29 is 13.2 Å². The van der Waals surface area contributed by atoms with Crippen LogP contribution >= 0.6 is 11.6 Å². The Labute approximate surface area is 147 Å². The first-order valence-corrected chi connectivity index (χ1v) is 9.11. The Kier molecular flexibility index (Phi) is 5.64. The van der Waals surface area contributed by atoms with Crippen LogP contribution < -0.4 is 5.32 Å². The van der Waals surface area contributed by atoms with Crippen molar-refractivity contribution in [3.8, 4) is 0 Å². The molecule has 128 valence electrons. The van der Waals surface area contributed by atoms with Crippen LogP contribution in [0.15, 0.2) is 47.4 Å². The zero-order chi connectivity index (χ0) is 17.9. The van der Waals surface area contributed by atoms with Crippen LogP contribution in [0.5, 0.6) is 0 Å². The van der Waals surface area contributed by atoms with Gasteiger partial charge in [-0.3, -0.25) is 4.79 Å². The van der Waals surface area contributed by atoms with E-state index in [-0.39, 0.29) is 11.4 Å². The number of hydrogen-bond acceptors (Lipinski definition) is 3. The third-order valence-corrected chi connectivity index (χ3v) is 5.83. The molecule has 1 amide bonds. The van der Waals surface area contributed by atoms with Crippen molar-refractivity contribution in [1.29, 1.82) is 0 Å². The maximum Gasteiger partial charge on any atom is 0.243 e. The van der Waals surface area contributed by atoms with Gasteiger partial charge in [0.1, 0.15) is 0 Å². The molecule has 0 aliphatic rings. The van der Waals surface area contributed by atoms with Crippen LogP contribution in [0.25, 0.3) is 0 Å². The lowest BCUT2D eigenvalue weighted by Gasteiger charge is -2.18. The molecular weight excluding hydrogens is 348 g/mol. The molecule has 0 saturated carbocycles. The van der Waals surface area contributed by atoms with Gasteiger partial charge in [0.05, 0.1) is 22.2 Å². The molecule has 2 rings (SSSR count). The van der Waals surface area contributed by atoms with Crippen molar-refractivity contribution in [2.24, 2.45) is 0 Å². The van der Waals surface area contributed by atoms with Crippen LogP contribution in [0.2, 0.25) is 5.02 Å². The van der Waals surface area contributed by atoms with Crippen LogP contribution in [0.3, 0.4) is 0 Å². The third kappa shape index (κ3) is 4.14. The first-order chi connectivity index (χ1) is 11.2. The van der Waals surface area contributed by atoms with Crippen LogP contribution in [-0.4, -0.2) is 32.2 Å². The minimum Gasteiger partial charge on any atom is -0.324 e. The summed E-state index contributed by atoms with van der Waals surface area (Å²) in [6.07, 6.45) is 0. The predicted octanol–water partition coefficient (Wildman–Crippen LogP) is 3.22. The van der Waals surface area contributed by atoms with E-state index in [1.54, 1.807) is 42.5 Å². The summed E-state index contributed by atoms with van der Waals surface area (Å²) in [7, 11) is -2.36. The highest BCUT2D eigenvalue weighted by Crippen LogP contribution is 2.21. The molecule has 0 aromatic heterocycles. The lowest BCUT2D eigenvalue weighted by molar-refractivity contribution is -0.116. The molecule has 0 fully saturated rings. The number of carbonyl (C=O) groups excluding carboxylic acids is 1. The largest absolute Gasteiger partial charge is 0.324 e. The number of carbonyl (C=O) groups is 1. The van der Waals surface area contributed by atoms with Gasteiger partial charge in [0, 0.05) is 7.05 Å². The summed E-state index contributed by atoms with van der Waals surface area (Å²) < 4.78 is 26.2. The Morgan fingerprint density at radius 1 is 1.12 bits per heavy atom. The molecule has 7 heteroatoms. The van der Waals surface area contributed by atoms with E-state index in [0.29, 0.717) is 10.7 Å². The highest BCUT2D eigenvalue weighted by molar-refractivity contribution is 7.89. The van der Waals surface area contributed by atoms with Gasteiger partial charge in [-0.1, -0.05) is 29.8 Å². The van der Waals surface area contributed by atoms with Crippen molar-refractivity contribution in [3.63, 3.8) is 0 Å². The van der Waals surface area contributed by atoms with E-state index < -0.39 is 15.9 Å². The summed E-state index contributed by atoms with van der Waals surface area (Å²) in [5.41, 5.74) is 2.33. The number of rotatable bonds is 5. The monoisotopic (exact) mass is 366 g/mol. The van der Waals surface area contributed by atoms with Crippen LogP contribution in [0.1, 0.15) is 11.1 Å². The fourth-order valence-electron chi connectivity index (χ4n) is 2.09. The summed E-state index contributed by atoms with van der Waals surface area (Å²) in [5.74, 6) is -0.460. The minimum absolute atomic E-state index is 0.165. The molecule has 2 aromatic carbocycles. The molecule has 2 aromatic rings. The van der Waals surface area contributed by atoms with Crippen molar-refractivity contribution in [3.05, 3.63) is 58.6 Å². The van der Waals surface area contributed by atoms with Crippen molar-refractivity contribution in [1.82, 2.24) is 4.31 Å². The highest BCUT2D eigenvalue weighted by Gasteiger charge is 2.23. The van der Waals surface area contributed by atoms with Gasteiger partial charge < -0.3 is 5.32 Å². The molecule has 1 N–H and O–H groups in total. The van der Waals surface area contributed by atoms with Crippen molar-refractivity contribution in [2.75, 3.05) is 18.9 Å². The number of halogens is 1. The number of nitrogens with zero attached hydrogens (tertiary/aromatic N) is 1. The number of benzene rings is 2. The fraction of sp³-hybridized carbons (Fsp3) is 0.235. The van der Waals surface area contributed by atoms with Crippen molar-refractivity contribution >= 4 is 33.2 Å². The number of sulfonamides is 1. The van der Waals surface area contributed by atoms with E-state index in [4.69, 9.17) is 11.6 Å². The van der Waals surface area contributed by atoms with E-state index in [1.165, 1.54) is 7.05 Å². The van der Waals surface area contributed by atoms with Crippen LogP contribution in [0, 0.1) is 13.8 Å². The topological polar surface area (TPSA) is 66.5 Å². The summed E-state index contributed by atoms with van der Waals surface area (Å²) >= 11 is 5.98. The third-order valence-electron chi connectivity index (χ3n) is 3.70. The number of nitrogens with one attached hydrogen (secondary N) is 1. The van der Waals surface area contributed by atoms with Crippen LogP contribution in [0.4, 0.5) is 5.69 Å². The van der Waals surface area contributed by atoms with Crippen molar-refractivity contribution in [2.45, 2.75) is 18.7 Å². The van der Waals surface area contributed by atoms with Gasteiger partial charge in [-0.15, -0.1) is 0 Å². The number of likely N-dealkylation sites (N-methyl/N-ethyl adjacent to an activating group) is 1. The molecule has 0 heterocycles. The number of amides is 1. The lowest BCUT2D eigenvalue weighted by Crippen LogP contribution is -2.35. The lowest BCUT2D eigenvalue weighted by atomic mass is 10.1. The molecule has 24 heavy (non-hydrogen) atoms. The number of hydrogen-bond donors (Lipinski definition) is 1. The zero-order valence-corrected chi connectivity index (χ0v) is 15.3. The van der Waals surface area contributed by atoms with E-state index in [1.807, 2.05) is 13.8 Å². The van der Waals surface area contributed by atoms with Gasteiger partial charge in [0.15, 0.2) is 0 Å². The smallest absolute Gasteiger partial charge is 0.243 e. The molecule has 5 nitrogen and oxygen atoms in total. The SMILES string of the molecule is Cc1ccc(S(=O)(=O)N(C)CC(=O)Nc2ccccc2Cl)cc1C. The average Bonchev–Trinajstić information content (AvgIpc) is 2.52. The van der Waals surface area contributed by atoms with Gasteiger partial charge >= 0.3 is 0 Å². The second kappa shape index (κ2) is 7.34. The van der Waals surface area contributed by atoms with E-state index in [0.717, 1.165) is 15.4 Å². The first-order valence-electron chi connectivity index (χ1n) is 7.30. The second-order valence-corrected chi connectivity index (χ2v) is 7.99. The standard InChI is InChI=1S/C17H19ClN2O3S/c1-12-8-9-14(10-13(12)2)24(22,23)20(3)11-17(21)19-16-7-5-4-6-15(16)18/h4-10H,11H2,1-3H3,(H,19,21). The van der Waals surface area contributed by atoms with Crippen LogP contribution in [-0.2, 0) is 14.8 Å². The van der Waals surface area contributed by atoms with Gasteiger partial charge in [0.25, 0.3) is 0 Å². The zero-order valence-electron chi connectivity index (χ0n) is 13.7. The maximum absolute atomic E-state index is 12.6. The second-order valence-electron chi connectivity index (χ2n) is 5.54. The maximum atomic E-state index is 12.6. The first kappa shape index (κ1) is 18.4. The van der Waals surface area contributed by atoms with Gasteiger partial charge in [-0.2, -0.15) is 4.31 Å². The molecule has 0 saturated heterocycles. The Morgan fingerprint density at radius 2 is 1.79 bits per heavy atom. The average molecular weight is 367 g/mol. The molecule has 0 unspecified atom stereocenters. The Balaban J connectivity index is 2.13. The molecule has 0 radical (unpaired) electrons. The van der Waals surface area contributed by atoms with E-state index >= 15 is 0 Å². The van der Waals surface area contributed by atoms with Gasteiger partial charge in [-0.25, -0.2) is 8.42 Å². The summed E-state index contributed by atoms with van der Waals surface area (Å²) in [6.45, 7) is 3.45. The molecule has 0 bridgehead atoms. The normalized spacial score (nSPS) is 11.5. The minimum atomic E-state index is -3.74. The fourth-order valence-corrected chi connectivity index (χ4v) is 3.49. The molecule has 0 atom stereocenters. The summed E-state index contributed by atoms with van der Waals surface area (Å²) in [4.78, 5) is 12.3. The van der Waals surface area contributed by atoms with E-state index in [9.17, 15) is 13.2 Å². The van der Waals surface area contributed by atoms with E-state index in [2.05, 4.69) is 5.32 Å². The summed E-state index contributed by atoms with van der Waals surface area (Å²) in [6, 6.07) is 11.7. The van der Waals surface area contributed by atoms with Gasteiger partial charge in [0.2, 0.25) is 15.9 Å². The molecular formula is C17H19ClN2O3S. The molecule has 0 aliphatic carbocycles. The quantitative estimate of drug-likeness (QED) is 0.883. The number of anilines is 1. The van der Waals surface area contributed by atoms with Gasteiger partial charge in [-0.05, 0) is 49.2 Å². The molecule has 0 spiro atoms. The number of para-hydroxylation sites is 1. The highest BCUT2D eigenvalue weighted by atomic mass is 35.5. The Bertz CT molecular complexity index is 866. The Hall–Kier alpha value is -1.89. The number of aryl methyl sites for hydroxylation is 2. The predicted molar refractivity (Wildman–Crippen MR) is 95.8 cm³/mol. The Morgan fingerprint density at radius 3 is 2.42 bits per heavy atom. The molecule has 0 aliphatic heterocycles.